The van der Waals surface area contributed by atoms with Crippen LogP contribution in [0.5, 0.6) is 0 Å². The summed E-state index contributed by atoms with van der Waals surface area (Å²) in [6.45, 7) is 1.85. The van der Waals surface area contributed by atoms with Gasteiger partial charge in [-0.1, -0.05) is 60.1 Å². The van der Waals surface area contributed by atoms with Crippen molar-refractivity contribution in [1.82, 2.24) is 20.9 Å². The van der Waals surface area contributed by atoms with Crippen molar-refractivity contribution in [2.24, 2.45) is 5.92 Å². The number of thioether (sulfide) groups is 1. The van der Waals surface area contributed by atoms with Gasteiger partial charge in [0, 0.05) is 24.7 Å². The molecule has 4 atom stereocenters. The summed E-state index contributed by atoms with van der Waals surface area (Å²) in [4.78, 5) is 28.0. The molecule has 6 nitrogen and oxygen atoms in total. The van der Waals surface area contributed by atoms with E-state index in [1.54, 1.807) is 11.8 Å². The summed E-state index contributed by atoms with van der Waals surface area (Å²) < 4.78 is 0. The Morgan fingerprint density at radius 3 is 2.76 bits per heavy atom. The summed E-state index contributed by atoms with van der Waals surface area (Å²) in [7, 11) is 0. The highest BCUT2D eigenvalue weighted by molar-refractivity contribution is 8.04. The molecule has 0 aromatic heterocycles. The fourth-order valence-electron chi connectivity index (χ4n) is 4.78. The molecule has 0 aliphatic carbocycles. The first-order valence-electron chi connectivity index (χ1n) is 11.3. The summed E-state index contributed by atoms with van der Waals surface area (Å²) in [6.07, 6.45) is 1.45. The van der Waals surface area contributed by atoms with Crippen LogP contribution in [0.4, 0.5) is 0 Å². The van der Waals surface area contributed by atoms with Gasteiger partial charge in [0.05, 0.1) is 12.0 Å². The summed E-state index contributed by atoms with van der Waals surface area (Å²) in [5.41, 5.74) is 3.19. The van der Waals surface area contributed by atoms with Crippen molar-refractivity contribution in [2.45, 2.75) is 37.0 Å². The fourth-order valence-corrected chi connectivity index (χ4v) is 6.13. The molecular weight excluding hydrogens is 456 g/mol. The van der Waals surface area contributed by atoms with E-state index in [1.807, 2.05) is 42.5 Å². The molecule has 2 aromatic rings. The topological polar surface area (TPSA) is 73.5 Å². The van der Waals surface area contributed by atoms with Crippen LogP contribution in [0.2, 0.25) is 5.02 Å². The van der Waals surface area contributed by atoms with Crippen molar-refractivity contribution >= 4 is 40.8 Å². The maximum atomic E-state index is 12.9. The van der Waals surface area contributed by atoms with Gasteiger partial charge < -0.3 is 10.6 Å². The van der Waals surface area contributed by atoms with Crippen LogP contribution < -0.4 is 16.0 Å². The minimum absolute atomic E-state index is 0.0286. The van der Waals surface area contributed by atoms with E-state index in [9.17, 15) is 9.59 Å². The second kappa shape index (κ2) is 9.89. The van der Waals surface area contributed by atoms with Crippen molar-refractivity contribution in [3.63, 3.8) is 0 Å². The zero-order chi connectivity index (χ0) is 22.8. The van der Waals surface area contributed by atoms with E-state index >= 15 is 0 Å². The number of carbonyl (C=O) groups is 2. The minimum atomic E-state index is -0.288. The molecule has 5 rings (SSSR count). The van der Waals surface area contributed by atoms with E-state index in [-0.39, 0.29) is 35.3 Å². The summed E-state index contributed by atoms with van der Waals surface area (Å²) in [6, 6.07) is 17.7. The Labute approximate surface area is 203 Å². The average Bonchev–Trinajstić information content (AvgIpc) is 3.29. The molecule has 3 aliphatic heterocycles. The van der Waals surface area contributed by atoms with Crippen molar-refractivity contribution in [2.75, 3.05) is 13.1 Å². The number of piperidine rings is 1. The monoisotopic (exact) mass is 482 g/mol. The number of nitrogens with one attached hydrogen (secondary N) is 3. The molecule has 0 spiro atoms. The molecule has 3 aliphatic rings. The van der Waals surface area contributed by atoms with Crippen LogP contribution in [0.3, 0.4) is 0 Å². The largest absolute Gasteiger partial charge is 0.352 e. The molecule has 0 saturated carbocycles. The average molecular weight is 483 g/mol. The van der Waals surface area contributed by atoms with Gasteiger partial charge in [-0.25, -0.2) is 0 Å². The summed E-state index contributed by atoms with van der Waals surface area (Å²) >= 11 is 7.79. The lowest BCUT2D eigenvalue weighted by atomic mass is 9.94. The van der Waals surface area contributed by atoms with Crippen molar-refractivity contribution in [3.05, 3.63) is 76.2 Å². The third kappa shape index (κ3) is 4.82. The third-order valence-corrected chi connectivity index (χ3v) is 8.10. The number of carbonyl (C=O) groups excluding carboxylic acids is 2. The molecule has 3 heterocycles. The molecule has 0 radical (unpaired) electrons. The van der Waals surface area contributed by atoms with E-state index in [2.05, 4.69) is 38.4 Å². The Morgan fingerprint density at radius 2 is 1.94 bits per heavy atom. The van der Waals surface area contributed by atoms with Gasteiger partial charge in [0.15, 0.2) is 0 Å². The quantitative estimate of drug-likeness (QED) is 0.610. The number of amides is 2. The van der Waals surface area contributed by atoms with Crippen molar-refractivity contribution < 1.29 is 9.59 Å². The van der Waals surface area contributed by atoms with E-state index in [0.717, 1.165) is 36.1 Å². The summed E-state index contributed by atoms with van der Waals surface area (Å²) in [5, 5.41) is 12.4. The van der Waals surface area contributed by atoms with E-state index in [0.29, 0.717) is 18.1 Å². The van der Waals surface area contributed by atoms with Crippen LogP contribution in [0, 0.1) is 5.92 Å². The van der Waals surface area contributed by atoms with Gasteiger partial charge in [0.25, 0.3) is 0 Å². The second-order valence-electron chi connectivity index (χ2n) is 8.69. The zero-order valence-electron chi connectivity index (χ0n) is 18.2. The fraction of sp³-hybridized carbons (Fsp3) is 0.360. The van der Waals surface area contributed by atoms with Crippen LogP contribution in [0.15, 0.2) is 60.0 Å². The van der Waals surface area contributed by atoms with Crippen LogP contribution >= 0.6 is 23.4 Å². The maximum absolute atomic E-state index is 12.9. The number of fused-ring (bicyclic) bond motifs is 1. The smallest absolute Gasteiger partial charge is 0.237 e. The first-order chi connectivity index (χ1) is 16.1. The standard InChI is InChI=1S/C25H27ClN4O2S/c26-20-11-5-4-9-17(20)13-27-23(31)18-10-6-12-30(14-18)25-28-21-19(16-7-2-1-3-8-16)15-33-22(21)24(32)29-25/h1-5,7-9,11,15,18,21-22,25,28H,6,10,12-14H2,(H,27,31)(H,29,32). The molecule has 2 saturated heterocycles. The van der Waals surface area contributed by atoms with Gasteiger partial charge in [-0.2, -0.15) is 0 Å². The SMILES string of the molecule is O=C(NCc1ccccc1Cl)C1CCCN(C2NC(=O)C3SC=C(c4ccccc4)C3N2)C1. The molecule has 0 bridgehead atoms. The number of nitrogens with zero attached hydrogens (tertiary/aromatic N) is 1. The van der Waals surface area contributed by atoms with Crippen molar-refractivity contribution in [1.29, 1.82) is 0 Å². The van der Waals surface area contributed by atoms with Gasteiger partial charge in [-0.3, -0.25) is 19.8 Å². The first kappa shape index (κ1) is 22.5. The Bertz CT molecular complexity index is 1060. The van der Waals surface area contributed by atoms with E-state index < -0.39 is 0 Å². The Balaban J connectivity index is 1.23. The van der Waals surface area contributed by atoms with Crippen molar-refractivity contribution in [3.8, 4) is 0 Å². The van der Waals surface area contributed by atoms with Crippen LogP contribution in [0.25, 0.3) is 5.57 Å². The predicted octanol–water partition coefficient (Wildman–Crippen LogP) is 3.20. The number of halogens is 1. The Hall–Kier alpha value is -2.32. The molecule has 2 amide bonds. The zero-order valence-corrected chi connectivity index (χ0v) is 19.7. The lowest BCUT2D eigenvalue weighted by Crippen LogP contribution is -2.69. The highest BCUT2D eigenvalue weighted by atomic mass is 35.5. The third-order valence-electron chi connectivity index (χ3n) is 6.56. The summed E-state index contributed by atoms with van der Waals surface area (Å²) in [5.74, 6) is -0.0538. The lowest BCUT2D eigenvalue weighted by Gasteiger charge is -2.43. The normalized spacial score (nSPS) is 27.4. The van der Waals surface area contributed by atoms with Crippen LogP contribution in [0.1, 0.15) is 24.0 Å². The molecule has 172 valence electrons. The van der Waals surface area contributed by atoms with E-state index in [4.69, 9.17) is 11.6 Å². The minimum Gasteiger partial charge on any atom is -0.352 e. The highest BCUT2D eigenvalue weighted by Gasteiger charge is 2.44. The van der Waals surface area contributed by atoms with Gasteiger partial charge in [-0.15, -0.1) is 11.8 Å². The first-order valence-corrected chi connectivity index (χ1v) is 12.6. The van der Waals surface area contributed by atoms with Gasteiger partial charge in [0.1, 0.15) is 11.5 Å². The molecule has 2 aromatic carbocycles. The number of rotatable bonds is 5. The highest BCUT2D eigenvalue weighted by Crippen LogP contribution is 2.38. The Kier molecular flexibility index (Phi) is 6.74. The van der Waals surface area contributed by atoms with E-state index in [1.165, 1.54) is 0 Å². The maximum Gasteiger partial charge on any atom is 0.237 e. The number of benzene rings is 2. The van der Waals surface area contributed by atoms with Gasteiger partial charge in [-0.05, 0) is 41.0 Å². The molecule has 2 fully saturated rings. The number of hydrogen-bond donors (Lipinski definition) is 3. The molecule has 8 heteroatoms. The van der Waals surface area contributed by atoms with Crippen LogP contribution in [-0.4, -0.2) is 47.4 Å². The Morgan fingerprint density at radius 1 is 1.15 bits per heavy atom. The number of likely N-dealkylation sites (tertiary alicyclic amines) is 1. The lowest BCUT2D eigenvalue weighted by molar-refractivity contribution is -0.129. The molecule has 3 N–H and O–H groups in total. The van der Waals surface area contributed by atoms with Gasteiger partial charge in [0.2, 0.25) is 11.8 Å². The van der Waals surface area contributed by atoms with Crippen LogP contribution in [-0.2, 0) is 16.1 Å². The predicted molar refractivity (Wildman–Crippen MR) is 132 cm³/mol. The van der Waals surface area contributed by atoms with Gasteiger partial charge >= 0.3 is 0 Å². The molecular formula is C25H27ClN4O2S. The second-order valence-corrected chi connectivity index (χ2v) is 10.1. The number of hydrogen-bond acceptors (Lipinski definition) is 5. The molecule has 4 unspecified atom stereocenters. The molecule has 33 heavy (non-hydrogen) atoms.